The zero-order chi connectivity index (χ0) is 15.6. The van der Waals surface area contributed by atoms with Crippen molar-refractivity contribution in [3.05, 3.63) is 73.1 Å². The second-order valence-corrected chi connectivity index (χ2v) is 5.16. The van der Waals surface area contributed by atoms with Crippen LogP contribution in [0.25, 0.3) is 22.1 Å². The first-order valence-electron chi connectivity index (χ1n) is 7.26. The average molecular weight is 302 g/mol. The first-order chi connectivity index (χ1) is 11.3. The van der Waals surface area contributed by atoms with Gasteiger partial charge in [-0.3, -0.25) is 0 Å². The lowest BCUT2D eigenvalue weighted by molar-refractivity contribution is 0.483. The largest absolute Gasteiger partial charge is 0.463 e. The summed E-state index contributed by atoms with van der Waals surface area (Å²) in [4.78, 5) is 4.13. The van der Waals surface area contributed by atoms with Crippen LogP contribution in [0.3, 0.4) is 0 Å². The highest BCUT2D eigenvalue weighted by Gasteiger charge is 2.11. The SMILES string of the molecule is Nc1nccc2occ(-c3ccc(Oc4ccccc4)cc3)c12. The van der Waals surface area contributed by atoms with E-state index in [2.05, 4.69) is 4.98 Å². The third kappa shape index (κ3) is 2.51. The van der Waals surface area contributed by atoms with E-state index >= 15 is 0 Å². The number of aromatic nitrogens is 1. The molecule has 0 saturated carbocycles. The topological polar surface area (TPSA) is 61.3 Å². The Bertz CT molecular complexity index is 944. The predicted octanol–water partition coefficient (Wildman–Crippen LogP) is 4.87. The van der Waals surface area contributed by atoms with Gasteiger partial charge in [-0.25, -0.2) is 4.98 Å². The van der Waals surface area contributed by atoms with Crippen LogP contribution >= 0.6 is 0 Å². The van der Waals surface area contributed by atoms with Crippen molar-refractivity contribution >= 4 is 16.8 Å². The van der Waals surface area contributed by atoms with Crippen molar-refractivity contribution in [2.45, 2.75) is 0 Å². The van der Waals surface area contributed by atoms with E-state index in [4.69, 9.17) is 14.9 Å². The van der Waals surface area contributed by atoms with Gasteiger partial charge in [0, 0.05) is 11.8 Å². The van der Waals surface area contributed by atoms with Gasteiger partial charge >= 0.3 is 0 Å². The number of para-hydroxylation sites is 1. The van der Waals surface area contributed by atoms with Crippen LogP contribution in [0.1, 0.15) is 0 Å². The maximum absolute atomic E-state index is 5.98. The quantitative estimate of drug-likeness (QED) is 0.586. The summed E-state index contributed by atoms with van der Waals surface area (Å²) in [5.74, 6) is 2.05. The fourth-order valence-corrected chi connectivity index (χ4v) is 2.55. The van der Waals surface area contributed by atoms with Crippen LogP contribution < -0.4 is 10.5 Å². The normalized spacial score (nSPS) is 10.8. The fourth-order valence-electron chi connectivity index (χ4n) is 2.55. The molecule has 112 valence electrons. The number of nitrogens with zero attached hydrogens (tertiary/aromatic N) is 1. The van der Waals surface area contributed by atoms with Gasteiger partial charge in [0.2, 0.25) is 0 Å². The zero-order valence-electron chi connectivity index (χ0n) is 12.3. The molecule has 23 heavy (non-hydrogen) atoms. The number of furan rings is 1. The average Bonchev–Trinajstić information content (AvgIpc) is 3.02. The number of pyridine rings is 1. The number of hydrogen-bond donors (Lipinski definition) is 1. The lowest BCUT2D eigenvalue weighted by Crippen LogP contribution is -1.90. The highest BCUT2D eigenvalue weighted by atomic mass is 16.5. The Morgan fingerprint density at radius 3 is 2.39 bits per heavy atom. The van der Waals surface area contributed by atoms with E-state index in [0.717, 1.165) is 33.6 Å². The molecule has 0 radical (unpaired) electrons. The van der Waals surface area contributed by atoms with Gasteiger partial charge in [-0.05, 0) is 35.9 Å². The molecule has 4 rings (SSSR count). The second-order valence-electron chi connectivity index (χ2n) is 5.16. The third-order valence-electron chi connectivity index (χ3n) is 3.66. The number of nitrogen functional groups attached to an aromatic ring is 1. The first kappa shape index (κ1) is 13.4. The van der Waals surface area contributed by atoms with Gasteiger partial charge in [0.25, 0.3) is 0 Å². The van der Waals surface area contributed by atoms with E-state index in [1.54, 1.807) is 12.5 Å². The van der Waals surface area contributed by atoms with Crippen LogP contribution in [0.5, 0.6) is 11.5 Å². The van der Waals surface area contributed by atoms with Crippen LogP contribution in [-0.2, 0) is 0 Å². The molecule has 0 unspecified atom stereocenters. The molecular formula is C19H14N2O2. The maximum atomic E-state index is 5.98. The molecule has 0 aliphatic heterocycles. The summed E-state index contributed by atoms with van der Waals surface area (Å²) in [6.45, 7) is 0. The van der Waals surface area contributed by atoms with Crippen molar-refractivity contribution < 1.29 is 9.15 Å². The summed E-state index contributed by atoms with van der Waals surface area (Å²) < 4.78 is 11.4. The molecular weight excluding hydrogens is 288 g/mol. The molecule has 2 heterocycles. The third-order valence-corrected chi connectivity index (χ3v) is 3.66. The molecule has 0 amide bonds. The number of fused-ring (bicyclic) bond motifs is 1. The molecule has 4 heteroatoms. The Kier molecular flexibility index (Phi) is 3.20. The summed E-state index contributed by atoms with van der Waals surface area (Å²) in [5, 5.41) is 0.837. The lowest BCUT2D eigenvalue weighted by atomic mass is 10.1. The molecule has 0 aliphatic carbocycles. The van der Waals surface area contributed by atoms with Gasteiger partial charge < -0.3 is 14.9 Å². The Morgan fingerprint density at radius 1 is 0.870 bits per heavy atom. The smallest absolute Gasteiger partial charge is 0.139 e. The standard InChI is InChI=1S/C19H14N2O2/c20-19-18-16(12-22-17(18)10-11-21-19)13-6-8-15(9-7-13)23-14-4-2-1-3-5-14/h1-12H,(H2,20,21). The minimum absolute atomic E-state index is 0.468. The Hall–Kier alpha value is -3.27. The van der Waals surface area contributed by atoms with Crippen LogP contribution in [0.4, 0.5) is 5.82 Å². The minimum Gasteiger partial charge on any atom is -0.463 e. The van der Waals surface area contributed by atoms with Gasteiger partial charge in [0.15, 0.2) is 0 Å². The van der Waals surface area contributed by atoms with E-state index < -0.39 is 0 Å². The highest BCUT2D eigenvalue weighted by molar-refractivity contribution is 6.00. The summed E-state index contributed by atoms with van der Waals surface area (Å²) in [5.41, 5.74) is 8.64. The van der Waals surface area contributed by atoms with Crippen LogP contribution in [-0.4, -0.2) is 4.98 Å². The Morgan fingerprint density at radius 2 is 1.61 bits per heavy atom. The number of benzene rings is 2. The summed E-state index contributed by atoms with van der Waals surface area (Å²) in [7, 11) is 0. The molecule has 4 aromatic rings. The van der Waals surface area contributed by atoms with Gasteiger partial charge in [-0.1, -0.05) is 30.3 Å². The number of rotatable bonds is 3. The molecule has 2 aromatic heterocycles. The molecule has 0 saturated heterocycles. The molecule has 4 nitrogen and oxygen atoms in total. The van der Waals surface area contributed by atoms with Crippen molar-refractivity contribution in [3.8, 4) is 22.6 Å². The van der Waals surface area contributed by atoms with Crippen molar-refractivity contribution in [1.82, 2.24) is 4.98 Å². The van der Waals surface area contributed by atoms with E-state index in [1.165, 1.54) is 0 Å². The van der Waals surface area contributed by atoms with E-state index in [0.29, 0.717) is 5.82 Å². The molecule has 0 atom stereocenters. The molecule has 0 aliphatic rings. The van der Waals surface area contributed by atoms with Crippen molar-refractivity contribution in [1.29, 1.82) is 0 Å². The highest BCUT2D eigenvalue weighted by Crippen LogP contribution is 2.34. The Balaban J connectivity index is 1.67. The summed E-state index contributed by atoms with van der Waals surface area (Å²) in [6.07, 6.45) is 3.34. The van der Waals surface area contributed by atoms with E-state index in [1.807, 2.05) is 60.7 Å². The molecule has 0 bridgehead atoms. The van der Waals surface area contributed by atoms with Crippen molar-refractivity contribution in [2.75, 3.05) is 5.73 Å². The number of anilines is 1. The first-order valence-corrected chi connectivity index (χ1v) is 7.26. The maximum Gasteiger partial charge on any atom is 0.139 e. The van der Waals surface area contributed by atoms with Crippen molar-refractivity contribution in [2.24, 2.45) is 0 Å². The molecule has 2 aromatic carbocycles. The predicted molar refractivity (Wildman–Crippen MR) is 90.4 cm³/mol. The Labute approximate surface area is 133 Å². The number of nitrogens with two attached hydrogens (primary N) is 1. The molecule has 2 N–H and O–H groups in total. The lowest BCUT2D eigenvalue weighted by Gasteiger charge is -2.06. The van der Waals surface area contributed by atoms with Crippen LogP contribution in [0.2, 0.25) is 0 Å². The molecule has 0 spiro atoms. The number of hydrogen-bond acceptors (Lipinski definition) is 4. The van der Waals surface area contributed by atoms with Gasteiger partial charge in [-0.2, -0.15) is 0 Å². The van der Waals surface area contributed by atoms with Crippen LogP contribution in [0.15, 0.2) is 77.5 Å². The van der Waals surface area contributed by atoms with Crippen molar-refractivity contribution in [3.63, 3.8) is 0 Å². The summed E-state index contributed by atoms with van der Waals surface area (Å²) in [6, 6.07) is 19.3. The fraction of sp³-hybridized carbons (Fsp3) is 0. The second kappa shape index (κ2) is 5.50. The minimum atomic E-state index is 0.468. The van der Waals surface area contributed by atoms with E-state index in [-0.39, 0.29) is 0 Å². The van der Waals surface area contributed by atoms with E-state index in [9.17, 15) is 0 Å². The van der Waals surface area contributed by atoms with Gasteiger partial charge in [-0.15, -0.1) is 0 Å². The monoisotopic (exact) mass is 302 g/mol. The van der Waals surface area contributed by atoms with Gasteiger partial charge in [0.1, 0.15) is 22.9 Å². The number of ether oxygens (including phenoxy) is 1. The van der Waals surface area contributed by atoms with Crippen LogP contribution in [0, 0.1) is 0 Å². The molecule has 0 fully saturated rings. The van der Waals surface area contributed by atoms with Gasteiger partial charge in [0.05, 0.1) is 11.6 Å². The zero-order valence-corrected chi connectivity index (χ0v) is 12.3. The summed E-state index contributed by atoms with van der Waals surface area (Å²) >= 11 is 0.